The van der Waals surface area contributed by atoms with Gasteiger partial charge in [0.15, 0.2) is 0 Å². The summed E-state index contributed by atoms with van der Waals surface area (Å²) in [6.45, 7) is 5.57. The number of aliphatic hydroxyl groups excluding tert-OH is 1. The van der Waals surface area contributed by atoms with E-state index in [1.165, 1.54) is 10.8 Å². The summed E-state index contributed by atoms with van der Waals surface area (Å²) in [6.07, 6.45) is 0.380. The Morgan fingerprint density at radius 1 is 0.977 bits per heavy atom. The summed E-state index contributed by atoms with van der Waals surface area (Å²) >= 11 is 0. The topological polar surface area (TPSA) is 112 Å². The lowest BCUT2D eigenvalue weighted by molar-refractivity contribution is -0.143. The number of benzene rings is 3. The number of aryl methyl sites for hydroxylation is 1. The summed E-state index contributed by atoms with van der Waals surface area (Å²) in [5.41, 5.74) is 0.657. The molecule has 0 aliphatic carbocycles. The number of hydrogen-bond acceptors (Lipinski definition) is 7. The van der Waals surface area contributed by atoms with Crippen molar-refractivity contribution in [1.29, 1.82) is 0 Å². The van der Waals surface area contributed by atoms with Crippen LogP contribution in [0.1, 0.15) is 41.3 Å². The van der Waals surface area contributed by atoms with E-state index in [2.05, 4.69) is 11.6 Å². The third kappa shape index (κ3) is 5.92. The lowest BCUT2D eigenvalue weighted by atomic mass is 9.79. The van der Waals surface area contributed by atoms with Crippen LogP contribution < -0.4 is 20.7 Å². The van der Waals surface area contributed by atoms with Gasteiger partial charge in [-0.1, -0.05) is 60.7 Å². The van der Waals surface area contributed by atoms with Gasteiger partial charge in [-0.05, 0) is 54.3 Å². The molecule has 1 aliphatic rings. The molecule has 2 N–H and O–H groups in total. The second-order valence-corrected chi connectivity index (χ2v) is 10.5. The molecule has 0 radical (unpaired) electrons. The van der Waals surface area contributed by atoms with Crippen molar-refractivity contribution in [2.75, 3.05) is 14.2 Å². The van der Waals surface area contributed by atoms with Gasteiger partial charge in [0, 0.05) is 18.2 Å². The average molecular weight is 585 g/mol. The third-order valence-electron chi connectivity index (χ3n) is 7.86. The number of rotatable bonds is 11. The van der Waals surface area contributed by atoms with E-state index in [-0.39, 0.29) is 6.42 Å². The molecule has 1 aromatic heterocycles. The maximum absolute atomic E-state index is 12.7. The molecule has 4 atom stereocenters. The second kappa shape index (κ2) is 12.8. The maximum Gasteiger partial charge on any atom is 0.330 e. The fraction of sp³-hybridized carbons (Fsp3) is 0.294. The van der Waals surface area contributed by atoms with Crippen LogP contribution in [0.25, 0.3) is 0 Å². The van der Waals surface area contributed by atoms with Crippen LogP contribution in [-0.2, 0) is 15.1 Å². The van der Waals surface area contributed by atoms with Crippen molar-refractivity contribution in [1.82, 2.24) is 9.55 Å². The molecular formula is C34H36N2O7. The van der Waals surface area contributed by atoms with Gasteiger partial charge in [-0.3, -0.25) is 14.3 Å². The Bertz CT molecular complexity index is 1600. The van der Waals surface area contributed by atoms with Crippen LogP contribution in [-0.4, -0.2) is 47.2 Å². The molecule has 1 saturated heterocycles. The van der Waals surface area contributed by atoms with Crippen molar-refractivity contribution < 1.29 is 24.1 Å². The summed E-state index contributed by atoms with van der Waals surface area (Å²) < 4.78 is 25.8. The number of aromatic amines is 1. The molecule has 1 aliphatic heterocycles. The Labute approximate surface area is 250 Å². The first-order chi connectivity index (χ1) is 20.8. The lowest BCUT2D eigenvalue weighted by Crippen LogP contribution is -2.44. The molecule has 1 fully saturated rings. The van der Waals surface area contributed by atoms with E-state index in [1.807, 2.05) is 78.9 Å². The van der Waals surface area contributed by atoms with Crippen LogP contribution in [0.2, 0.25) is 0 Å². The standard InChI is InChI=1S/C34H36N2O7/c1-5-9-29(31-28(37)20-30(42-31)36-21-22(2)32(38)35-33(36)39)43-34(23-10-7-6-8-11-23,24-12-16-26(40-3)17-13-24)25-14-18-27(41-4)19-15-25/h5-8,10-19,21,28-31,37H,1,9,20H2,2-4H3,(H,35,38,39)/t28-,29+,30+,31-/m0/s1. The number of H-pyrrole nitrogens is 1. The highest BCUT2D eigenvalue weighted by Crippen LogP contribution is 2.45. The van der Waals surface area contributed by atoms with Gasteiger partial charge >= 0.3 is 5.69 Å². The van der Waals surface area contributed by atoms with Crippen LogP contribution in [0.4, 0.5) is 0 Å². The zero-order valence-electron chi connectivity index (χ0n) is 24.4. The van der Waals surface area contributed by atoms with E-state index < -0.39 is 41.4 Å². The number of aromatic nitrogens is 2. The predicted molar refractivity (Wildman–Crippen MR) is 163 cm³/mol. The Morgan fingerprint density at radius 3 is 2.07 bits per heavy atom. The van der Waals surface area contributed by atoms with E-state index in [0.29, 0.717) is 23.5 Å². The largest absolute Gasteiger partial charge is 0.497 e. The second-order valence-electron chi connectivity index (χ2n) is 10.5. The van der Waals surface area contributed by atoms with Crippen molar-refractivity contribution in [3.05, 3.63) is 141 Å². The van der Waals surface area contributed by atoms with Gasteiger partial charge < -0.3 is 24.1 Å². The van der Waals surface area contributed by atoms with Crippen LogP contribution in [0, 0.1) is 6.92 Å². The van der Waals surface area contributed by atoms with E-state index in [0.717, 1.165) is 16.7 Å². The van der Waals surface area contributed by atoms with Gasteiger partial charge in [-0.25, -0.2) is 4.79 Å². The van der Waals surface area contributed by atoms with Gasteiger partial charge in [0.1, 0.15) is 29.4 Å². The van der Waals surface area contributed by atoms with Crippen LogP contribution in [0.3, 0.4) is 0 Å². The van der Waals surface area contributed by atoms with Gasteiger partial charge in [0.2, 0.25) is 0 Å². The van der Waals surface area contributed by atoms with E-state index in [4.69, 9.17) is 18.9 Å². The number of nitrogens with zero attached hydrogens (tertiary/aromatic N) is 1. The Morgan fingerprint density at radius 2 is 1.53 bits per heavy atom. The molecule has 2 heterocycles. The maximum atomic E-state index is 12.7. The average Bonchev–Trinajstić information content (AvgIpc) is 3.42. The number of methoxy groups -OCH3 is 2. The first-order valence-corrected chi connectivity index (χ1v) is 14.1. The van der Waals surface area contributed by atoms with Crippen molar-refractivity contribution in [2.24, 2.45) is 0 Å². The smallest absolute Gasteiger partial charge is 0.330 e. The highest BCUT2D eigenvalue weighted by atomic mass is 16.6. The van der Waals surface area contributed by atoms with E-state index in [9.17, 15) is 14.7 Å². The number of aliphatic hydroxyl groups is 1. The molecule has 0 saturated carbocycles. The summed E-state index contributed by atoms with van der Waals surface area (Å²) in [5.74, 6) is 1.39. The predicted octanol–water partition coefficient (Wildman–Crippen LogP) is 4.46. The number of hydrogen-bond donors (Lipinski definition) is 2. The molecule has 43 heavy (non-hydrogen) atoms. The quantitative estimate of drug-likeness (QED) is 0.198. The Kier molecular flexibility index (Phi) is 8.96. The third-order valence-corrected chi connectivity index (χ3v) is 7.86. The molecule has 9 heteroatoms. The monoisotopic (exact) mass is 584 g/mol. The fourth-order valence-electron chi connectivity index (χ4n) is 5.65. The van der Waals surface area contributed by atoms with Crippen LogP contribution >= 0.6 is 0 Å². The zero-order chi connectivity index (χ0) is 30.6. The minimum Gasteiger partial charge on any atom is -0.497 e. The van der Waals surface area contributed by atoms with Gasteiger partial charge in [0.05, 0.1) is 26.4 Å². The molecule has 0 spiro atoms. The molecule has 0 bridgehead atoms. The summed E-state index contributed by atoms with van der Waals surface area (Å²) in [5, 5.41) is 11.3. The molecule has 4 aromatic rings. The Hall–Kier alpha value is -4.44. The van der Waals surface area contributed by atoms with Crippen LogP contribution in [0.5, 0.6) is 11.5 Å². The highest BCUT2D eigenvalue weighted by molar-refractivity contribution is 5.50. The first-order valence-electron chi connectivity index (χ1n) is 14.1. The molecule has 5 rings (SSSR count). The number of nitrogens with one attached hydrogen (secondary N) is 1. The van der Waals surface area contributed by atoms with Crippen molar-refractivity contribution in [2.45, 2.75) is 49.9 Å². The fourth-order valence-corrected chi connectivity index (χ4v) is 5.65. The highest BCUT2D eigenvalue weighted by Gasteiger charge is 2.46. The molecular weight excluding hydrogens is 548 g/mol. The number of ether oxygens (including phenoxy) is 4. The van der Waals surface area contributed by atoms with Crippen molar-refractivity contribution >= 4 is 0 Å². The van der Waals surface area contributed by atoms with Gasteiger partial charge in [-0.15, -0.1) is 6.58 Å². The summed E-state index contributed by atoms with van der Waals surface area (Å²) in [6, 6.07) is 25.2. The molecule has 3 aromatic carbocycles. The summed E-state index contributed by atoms with van der Waals surface area (Å²) in [7, 11) is 3.23. The molecule has 9 nitrogen and oxygen atoms in total. The van der Waals surface area contributed by atoms with Gasteiger partial charge in [-0.2, -0.15) is 0 Å². The molecule has 224 valence electrons. The molecule has 0 unspecified atom stereocenters. The molecule has 0 amide bonds. The first kappa shape index (κ1) is 30.0. The lowest BCUT2D eigenvalue weighted by Gasteiger charge is -2.40. The van der Waals surface area contributed by atoms with Crippen molar-refractivity contribution in [3.63, 3.8) is 0 Å². The van der Waals surface area contributed by atoms with E-state index in [1.54, 1.807) is 27.2 Å². The SMILES string of the molecule is C=CC[C@@H](OC(c1ccccc1)(c1ccc(OC)cc1)c1ccc(OC)cc1)[C@H]1O[C@@H](n2cc(C)c(=O)[nH]c2=O)C[C@@H]1O. The van der Waals surface area contributed by atoms with Crippen LogP contribution in [0.15, 0.2) is 107 Å². The van der Waals surface area contributed by atoms with Gasteiger partial charge in [0.25, 0.3) is 5.56 Å². The zero-order valence-corrected chi connectivity index (χ0v) is 24.4. The Balaban J connectivity index is 1.63. The minimum atomic E-state index is -1.15. The normalized spacial score (nSPS) is 19.1. The minimum absolute atomic E-state index is 0.135. The van der Waals surface area contributed by atoms with Crippen molar-refractivity contribution in [3.8, 4) is 11.5 Å². The van der Waals surface area contributed by atoms with E-state index >= 15 is 0 Å². The summed E-state index contributed by atoms with van der Waals surface area (Å²) in [4.78, 5) is 26.9.